The van der Waals surface area contributed by atoms with Crippen LogP contribution in [0.1, 0.15) is 101 Å². The summed E-state index contributed by atoms with van der Waals surface area (Å²) in [5.41, 5.74) is 4.21. The van der Waals surface area contributed by atoms with Crippen LogP contribution in [0, 0.1) is 0 Å². The molecule has 0 radical (unpaired) electrons. The number of aromatic carboxylic acids is 1. The highest BCUT2D eigenvalue weighted by Crippen LogP contribution is 2.41. The van der Waals surface area contributed by atoms with E-state index in [2.05, 4.69) is 71.6 Å². The lowest BCUT2D eigenvalue weighted by Crippen LogP contribution is -2.20. The highest BCUT2D eigenvalue weighted by Gasteiger charge is 2.27. The maximum absolute atomic E-state index is 11.8. The van der Waals surface area contributed by atoms with Crippen LogP contribution in [0.3, 0.4) is 0 Å². The summed E-state index contributed by atoms with van der Waals surface area (Å²) in [5, 5.41) is 10.5. The number of aryl methyl sites for hydroxylation is 1. The zero-order valence-electron chi connectivity index (χ0n) is 21.8. The number of fused-ring (bicyclic) bond motifs is 1. The predicted octanol–water partition coefficient (Wildman–Crippen LogP) is 8.44. The quantitative estimate of drug-likeness (QED) is 0.329. The molecule has 0 saturated heterocycles. The van der Waals surface area contributed by atoms with Crippen LogP contribution in [0.2, 0.25) is 0 Å². The lowest BCUT2D eigenvalue weighted by atomic mass is 9.76. The van der Waals surface area contributed by atoms with Crippen LogP contribution in [0.4, 0.5) is 0 Å². The van der Waals surface area contributed by atoms with Crippen LogP contribution in [-0.2, 0) is 17.3 Å². The molecule has 0 bridgehead atoms. The molecule has 0 aliphatic heterocycles. The smallest absolute Gasteiger partial charge is 0.354 e. The fourth-order valence-corrected chi connectivity index (χ4v) is 4.05. The van der Waals surface area contributed by atoms with E-state index in [9.17, 15) is 9.90 Å². The molecule has 0 atom stereocenters. The van der Waals surface area contributed by atoms with Crippen molar-refractivity contribution < 1.29 is 14.6 Å². The van der Waals surface area contributed by atoms with Gasteiger partial charge >= 0.3 is 5.97 Å². The third-order valence-corrected chi connectivity index (χ3v) is 7.35. The minimum absolute atomic E-state index is 0.0103. The van der Waals surface area contributed by atoms with E-state index in [-0.39, 0.29) is 16.5 Å². The Labute approximate surface area is 204 Å². The molecule has 1 aromatic heterocycles. The van der Waals surface area contributed by atoms with Crippen LogP contribution in [-0.4, -0.2) is 16.1 Å². The Morgan fingerprint density at radius 3 is 2.24 bits per heavy atom. The average Bonchev–Trinajstić information content (AvgIpc) is 2.82. The van der Waals surface area contributed by atoms with Crippen molar-refractivity contribution in [3.8, 4) is 11.5 Å². The van der Waals surface area contributed by atoms with Crippen molar-refractivity contribution in [3.63, 3.8) is 0 Å². The molecule has 0 aliphatic carbocycles. The molecule has 0 unspecified atom stereocenters. The van der Waals surface area contributed by atoms with Crippen LogP contribution in [0.25, 0.3) is 10.9 Å². The first-order valence-electron chi connectivity index (χ1n) is 12.5. The molecule has 0 fully saturated rings. The van der Waals surface area contributed by atoms with Gasteiger partial charge in [0.05, 0.1) is 5.52 Å². The molecule has 182 valence electrons. The Kier molecular flexibility index (Phi) is 7.70. The third kappa shape index (κ3) is 5.43. The molecule has 2 aromatic carbocycles. The normalized spacial score (nSPS) is 12.2. The Morgan fingerprint density at radius 2 is 1.62 bits per heavy atom. The van der Waals surface area contributed by atoms with Crippen molar-refractivity contribution >= 4 is 16.9 Å². The maximum atomic E-state index is 11.8. The molecule has 1 heterocycles. The van der Waals surface area contributed by atoms with Crippen molar-refractivity contribution in [3.05, 3.63) is 64.8 Å². The van der Waals surface area contributed by atoms with E-state index in [1.807, 2.05) is 18.2 Å². The first-order chi connectivity index (χ1) is 16.0. The lowest BCUT2D eigenvalue weighted by Gasteiger charge is -2.30. The molecule has 4 nitrogen and oxygen atoms in total. The number of hydrogen-bond acceptors (Lipinski definition) is 3. The van der Waals surface area contributed by atoms with Gasteiger partial charge in [-0.25, -0.2) is 9.78 Å². The Bertz CT molecular complexity index is 1180. The second-order valence-corrected chi connectivity index (χ2v) is 10.6. The van der Waals surface area contributed by atoms with Crippen molar-refractivity contribution in [1.82, 2.24) is 4.98 Å². The van der Waals surface area contributed by atoms with Gasteiger partial charge in [-0.3, -0.25) is 0 Å². The van der Waals surface area contributed by atoms with Crippen LogP contribution >= 0.6 is 0 Å². The van der Waals surface area contributed by atoms with E-state index in [1.165, 1.54) is 11.1 Å². The Morgan fingerprint density at radius 1 is 0.912 bits per heavy atom. The van der Waals surface area contributed by atoms with Gasteiger partial charge in [0, 0.05) is 17.0 Å². The molecule has 0 spiro atoms. The summed E-state index contributed by atoms with van der Waals surface area (Å²) in [4.78, 5) is 16.2. The van der Waals surface area contributed by atoms with Crippen molar-refractivity contribution in [2.24, 2.45) is 0 Å². The highest BCUT2D eigenvalue weighted by molar-refractivity contribution is 5.93. The number of benzene rings is 2. The van der Waals surface area contributed by atoms with E-state index in [0.717, 1.165) is 48.8 Å². The molecular formula is C30H39NO3. The number of rotatable bonds is 10. The van der Waals surface area contributed by atoms with Crippen LogP contribution in [0.15, 0.2) is 42.5 Å². The van der Waals surface area contributed by atoms with Crippen molar-refractivity contribution in [1.29, 1.82) is 0 Å². The van der Waals surface area contributed by atoms with Gasteiger partial charge in [-0.05, 0) is 65.8 Å². The molecule has 4 heteroatoms. The first-order valence-corrected chi connectivity index (χ1v) is 12.5. The largest absolute Gasteiger partial charge is 0.477 e. The van der Waals surface area contributed by atoms with Gasteiger partial charge in [0.15, 0.2) is 5.69 Å². The summed E-state index contributed by atoms with van der Waals surface area (Å²) in [5.74, 6) is 0.248. The van der Waals surface area contributed by atoms with Crippen LogP contribution < -0.4 is 4.74 Å². The zero-order chi connectivity index (χ0) is 25.1. The summed E-state index contributed by atoms with van der Waals surface area (Å²) >= 11 is 0. The fourth-order valence-electron chi connectivity index (χ4n) is 4.05. The number of ether oxygens (including phenoxy) is 1. The Hall–Kier alpha value is -2.88. The zero-order valence-corrected chi connectivity index (χ0v) is 21.8. The van der Waals surface area contributed by atoms with Gasteiger partial charge in [0.1, 0.15) is 11.5 Å². The molecule has 0 aliphatic rings. The molecule has 34 heavy (non-hydrogen) atoms. The van der Waals surface area contributed by atoms with Gasteiger partial charge in [0.25, 0.3) is 0 Å². The van der Waals surface area contributed by atoms with Crippen molar-refractivity contribution in [2.45, 2.75) is 91.4 Å². The van der Waals surface area contributed by atoms with E-state index in [0.29, 0.717) is 11.3 Å². The number of unbranched alkanes of at least 4 members (excludes halogenated alkanes) is 1. The van der Waals surface area contributed by atoms with Gasteiger partial charge in [-0.15, -0.1) is 0 Å². The number of pyridine rings is 1. The monoisotopic (exact) mass is 461 g/mol. The average molecular weight is 462 g/mol. The highest BCUT2D eigenvalue weighted by atomic mass is 16.5. The summed E-state index contributed by atoms with van der Waals surface area (Å²) in [7, 11) is 0. The summed E-state index contributed by atoms with van der Waals surface area (Å²) in [6, 6.07) is 14.1. The van der Waals surface area contributed by atoms with Crippen LogP contribution in [0.5, 0.6) is 11.5 Å². The molecule has 1 N–H and O–H groups in total. The molecular weight excluding hydrogens is 422 g/mol. The van der Waals surface area contributed by atoms with Gasteiger partial charge in [-0.2, -0.15) is 0 Å². The number of aromatic nitrogens is 1. The van der Waals surface area contributed by atoms with Gasteiger partial charge in [0.2, 0.25) is 0 Å². The van der Waals surface area contributed by atoms with E-state index in [1.54, 1.807) is 6.07 Å². The Balaban J connectivity index is 2.19. The second-order valence-electron chi connectivity index (χ2n) is 10.6. The molecule has 0 saturated carbocycles. The van der Waals surface area contributed by atoms with E-state index < -0.39 is 5.97 Å². The number of nitrogens with zero attached hydrogens (tertiary/aromatic N) is 1. The van der Waals surface area contributed by atoms with Crippen molar-refractivity contribution in [2.75, 3.05) is 0 Å². The number of carboxylic acids is 1. The number of carbonyl (C=O) groups is 1. The van der Waals surface area contributed by atoms with E-state index >= 15 is 0 Å². The molecule has 3 aromatic rings. The molecule has 3 rings (SSSR count). The summed E-state index contributed by atoms with van der Waals surface area (Å²) in [6.45, 7) is 15.6. The summed E-state index contributed by atoms with van der Waals surface area (Å²) < 4.78 is 6.56. The lowest BCUT2D eigenvalue weighted by molar-refractivity contribution is 0.0690. The minimum Gasteiger partial charge on any atom is -0.477 e. The SMILES string of the molecule is CCCCc1ccc2nc(C(=O)O)cc(Oc3ccc(C(C)(C)CC)cc3C(C)(C)CC)c2c1. The van der Waals surface area contributed by atoms with Gasteiger partial charge < -0.3 is 9.84 Å². The fraction of sp³-hybridized carbons (Fsp3) is 0.467. The standard InChI is InChI=1S/C30H39NO3/c1-8-11-12-20-13-15-24-22(17-20)27(19-25(31-24)28(32)33)34-26-16-14-21(29(4,5)9-2)18-23(26)30(6,7)10-3/h13-19H,8-12H2,1-7H3,(H,32,33). The topological polar surface area (TPSA) is 59.4 Å². The second kappa shape index (κ2) is 10.2. The van der Waals surface area contributed by atoms with E-state index in [4.69, 9.17) is 4.74 Å². The minimum atomic E-state index is -1.06. The third-order valence-electron chi connectivity index (χ3n) is 7.35. The molecule has 0 amide bonds. The number of hydrogen-bond donors (Lipinski definition) is 1. The van der Waals surface area contributed by atoms with Gasteiger partial charge in [-0.1, -0.05) is 73.1 Å². The maximum Gasteiger partial charge on any atom is 0.354 e. The number of carboxylic acid groups (broad SMARTS) is 1. The predicted molar refractivity (Wildman–Crippen MR) is 140 cm³/mol. The summed E-state index contributed by atoms with van der Waals surface area (Å²) in [6.07, 6.45) is 5.19. The first kappa shape index (κ1) is 25.7.